The molecular formula is C25H35N5O. The number of fused-ring (bicyclic) bond motifs is 1. The molecule has 1 amide bonds. The number of pyridine rings is 2. The molecule has 1 saturated carbocycles. The van der Waals surface area contributed by atoms with E-state index >= 15 is 0 Å². The lowest BCUT2D eigenvalue weighted by Crippen LogP contribution is -2.25. The lowest BCUT2D eigenvalue weighted by molar-refractivity contribution is -0.105. The van der Waals surface area contributed by atoms with Gasteiger partial charge in [-0.05, 0) is 63.9 Å². The monoisotopic (exact) mass is 421 g/mol. The Labute approximate surface area is 185 Å². The second-order valence-corrected chi connectivity index (χ2v) is 8.78. The predicted octanol–water partition coefficient (Wildman–Crippen LogP) is 4.61. The first-order chi connectivity index (χ1) is 15.0. The largest absolute Gasteiger partial charge is 0.384 e. The third kappa shape index (κ3) is 6.89. The van der Waals surface area contributed by atoms with E-state index in [0.717, 1.165) is 34.4 Å². The highest BCUT2D eigenvalue weighted by Crippen LogP contribution is 2.29. The van der Waals surface area contributed by atoms with Gasteiger partial charge in [-0.1, -0.05) is 25.8 Å². The normalized spacial score (nSPS) is 17.9. The highest BCUT2D eigenvalue weighted by molar-refractivity contribution is 5.89. The first kappa shape index (κ1) is 22.9. The highest BCUT2D eigenvalue weighted by atomic mass is 16.1. The maximum Gasteiger partial charge on any atom is 0.212 e. The van der Waals surface area contributed by atoms with E-state index in [2.05, 4.69) is 65.7 Å². The number of allylic oxidation sites excluding steroid dienone is 2. The molecule has 1 fully saturated rings. The van der Waals surface area contributed by atoms with Crippen molar-refractivity contribution in [1.29, 1.82) is 0 Å². The van der Waals surface area contributed by atoms with Gasteiger partial charge in [-0.25, -0.2) is 4.98 Å². The molecule has 0 spiro atoms. The van der Waals surface area contributed by atoms with E-state index in [4.69, 9.17) is 0 Å². The van der Waals surface area contributed by atoms with Crippen LogP contribution in [0.15, 0.2) is 42.4 Å². The van der Waals surface area contributed by atoms with Crippen molar-refractivity contribution in [2.45, 2.75) is 52.0 Å². The number of unbranched alkanes of at least 4 members (excludes halogenated alkanes) is 1. The van der Waals surface area contributed by atoms with Crippen molar-refractivity contribution in [3.05, 3.63) is 48.1 Å². The molecular weight excluding hydrogens is 386 g/mol. The number of carbonyl (C=O) groups is 1. The molecule has 0 saturated heterocycles. The van der Waals surface area contributed by atoms with Gasteiger partial charge in [0.15, 0.2) is 0 Å². The van der Waals surface area contributed by atoms with Crippen LogP contribution in [-0.2, 0) is 4.79 Å². The van der Waals surface area contributed by atoms with Crippen molar-refractivity contribution in [1.82, 2.24) is 20.2 Å². The smallest absolute Gasteiger partial charge is 0.212 e. The fraction of sp³-hybridized carbons (Fsp3) is 0.480. The van der Waals surface area contributed by atoms with Crippen LogP contribution in [0, 0.1) is 5.92 Å². The van der Waals surface area contributed by atoms with Crippen molar-refractivity contribution < 1.29 is 4.79 Å². The summed E-state index contributed by atoms with van der Waals surface area (Å²) in [5.41, 5.74) is 3.28. The van der Waals surface area contributed by atoms with Crippen LogP contribution < -0.4 is 10.6 Å². The number of aromatic nitrogens is 2. The number of rotatable bonds is 8. The Hall–Kier alpha value is -2.73. The Bertz CT molecular complexity index is 946. The first-order valence-electron chi connectivity index (χ1n) is 11.3. The molecule has 1 atom stereocenters. The van der Waals surface area contributed by atoms with E-state index < -0.39 is 0 Å². The summed E-state index contributed by atoms with van der Waals surface area (Å²) in [5, 5.41) is 7.97. The summed E-state index contributed by atoms with van der Waals surface area (Å²) in [6.07, 6.45) is 15.1. The second-order valence-electron chi connectivity index (χ2n) is 8.78. The number of carbonyl (C=O) groups excluding carboxylic acids is 1. The molecule has 4 rings (SSSR count). The Morgan fingerprint density at radius 1 is 1.19 bits per heavy atom. The Morgan fingerprint density at radius 3 is 2.55 bits per heavy atom. The molecule has 31 heavy (non-hydrogen) atoms. The van der Waals surface area contributed by atoms with Crippen LogP contribution in [0.4, 0.5) is 5.82 Å². The molecule has 6 heteroatoms. The summed E-state index contributed by atoms with van der Waals surface area (Å²) in [5.74, 6) is 1.58. The van der Waals surface area contributed by atoms with Crippen LogP contribution in [0.3, 0.4) is 0 Å². The topological polar surface area (TPSA) is 70.1 Å². The minimum Gasteiger partial charge on any atom is -0.384 e. The predicted molar refractivity (Wildman–Crippen MR) is 129 cm³/mol. The quantitative estimate of drug-likeness (QED) is 0.610. The molecule has 1 unspecified atom stereocenters. The third-order valence-electron chi connectivity index (χ3n) is 5.59. The molecule has 1 aliphatic carbocycles. The van der Waals surface area contributed by atoms with Gasteiger partial charge in [-0.3, -0.25) is 9.78 Å². The van der Waals surface area contributed by atoms with Crippen molar-refractivity contribution in [3.63, 3.8) is 0 Å². The van der Waals surface area contributed by atoms with E-state index in [1.165, 1.54) is 37.8 Å². The van der Waals surface area contributed by atoms with E-state index in [9.17, 15) is 4.79 Å². The minimum absolute atomic E-state index is 0.410. The van der Waals surface area contributed by atoms with Gasteiger partial charge in [0.25, 0.3) is 0 Å². The first-order valence-corrected chi connectivity index (χ1v) is 11.3. The van der Waals surface area contributed by atoms with Gasteiger partial charge in [-0.15, -0.1) is 0 Å². The Balaban J connectivity index is 0.000000330. The van der Waals surface area contributed by atoms with E-state index in [0.29, 0.717) is 18.3 Å². The third-order valence-corrected chi connectivity index (χ3v) is 5.59. The van der Waals surface area contributed by atoms with Crippen LogP contribution in [-0.4, -0.2) is 48.0 Å². The molecule has 0 aromatic carbocycles. The Morgan fingerprint density at radius 2 is 1.94 bits per heavy atom. The number of anilines is 1. The second kappa shape index (κ2) is 11.0. The maximum atomic E-state index is 10.5. The van der Waals surface area contributed by atoms with Gasteiger partial charge in [0.2, 0.25) is 6.41 Å². The number of dihydropyridines is 1. The lowest BCUT2D eigenvalue weighted by Gasteiger charge is -2.22. The van der Waals surface area contributed by atoms with E-state index in [-0.39, 0.29) is 0 Å². The maximum absolute atomic E-state index is 10.5. The summed E-state index contributed by atoms with van der Waals surface area (Å²) in [6.45, 7) is 5.65. The van der Waals surface area contributed by atoms with Crippen molar-refractivity contribution in [2.75, 3.05) is 26.0 Å². The zero-order valence-electron chi connectivity index (χ0n) is 19.2. The molecule has 2 aromatic heterocycles. The number of nitrogens with one attached hydrogen (secondary N) is 2. The summed E-state index contributed by atoms with van der Waals surface area (Å²) in [7, 11) is 4.27. The summed E-state index contributed by atoms with van der Waals surface area (Å²) in [6, 6.07) is 4.26. The molecule has 1 aliphatic heterocycles. The Kier molecular flexibility index (Phi) is 8.18. The minimum atomic E-state index is 0.410. The van der Waals surface area contributed by atoms with Gasteiger partial charge in [0.05, 0.1) is 5.69 Å². The molecule has 2 N–H and O–H groups in total. The van der Waals surface area contributed by atoms with Crippen molar-refractivity contribution >= 4 is 28.6 Å². The zero-order valence-corrected chi connectivity index (χ0v) is 19.2. The van der Waals surface area contributed by atoms with Crippen LogP contribution in [0.2, 0.25) is 0 Å². The molecule has 2 aromatic rings. The molecule has 6 nitrogen and oxygen atoms in total. The van der Waals surface area contributed by atoms with Gasteiger partial charge in [-0.2, -0.15) is 0 Å². The standard InChI is InChI=1S/C19H22N4O.C6H13N/c1-3-4-5-16-6-13(2)17(11-20-16)18-7-14-10-22-19(23-12-24)8-15(14)9-21-18;1-7(2)5-6-3-4-6/h6-12,16,20H,3-5H2,1-2H3,(H,22,23,24);6H,3-5H2,1-2H3. The summed E-state index contributed by atoms with van der Waals surface area (Å²) < 4.78 is 0. The van der Waals surface area contributed by atoms with Crippen LogP contribution in [0.25, 0.3) is 16.3 Å². The van der Waals surface area contributed by atoms with Gasteiger partial charge in [0, 0.05) is 47.5 Å². The van der Waals surface area contributed by atoms with E-state index in [1.807, 2.05) is 18.3 Å². The summed E-state index contributed by atoms with van der Waals surface area (Å²) >= 11 is 0. The SMILES string of the molecule is CCCCC1C=C(C)C(c2cc3cnc(NC=O)cc3cn2)=CN1.CN(C)CC1CC1. The molecule has 166 valence electrons. The highest BCUT2D eigenvalue weighted by Gasteiger charge is 2.21. The number of amides is 1. The molecule has 0 bridgehead atoms. The lowest BCUT2D eigenvalue weighted by atomic mass is 9.96. The number of hydrogen-bond donors (Lipinski definition) is 2. The van der Waals surface area contributed by atoms with Crippen LogP contribution in [0.1, 0.15) is 51.6 Å². The average Bonchev–Trinajstić information content (AvgIpc) is 3.56. The van der Waals surface area contributed by atoms with Crippen molar-refractivity contribution in [2.24, 2.45) is 5.92 Å². The molecule has 0 radical (unpaired) electrons. The average molecular weight is 422 g/mol. The van der Waals surface area contributed by atoms with Crippen LogP contribution >= 0.6 is 0 Å². The zero-order chi connectivity index (χ0) is 22.2. The van der Waals surface area contributed by atoms with Gasteiger partial charge < -0.3 is 15.5 Å². The van der Waals surface area contributed by atoms with Crippen LogP contribution in [0.5, 0.6) is 0 Å². The van der Waals surface area contributed by atoms with Gasteiger partial charge >= 0.3 is 0 Å². The summed E-state index contributed by atoms with van der Waals surface area (Å²) in [4.78, 5) is 21.6. The fourth-order valence-corrected chi connectivity index (χ4v) is 3.75. The molecule has 2 aliphatic rings. The van der Waals surface area contributed by atoms with Crippen molar-refractivity contribution in [3.8, 4) is 0 Å². The number of hydrogen-bond acceptors (Lipinski definition) is 5. The van der Waals surface area contributed by atoms with Gasteiger partial charge in [0.1, 0.15) is 5.82 Å². The fourth-order valence-electron chi connectivity index (χ4n) is 3.75. The number of nitrogens with zero attached hydrogens (tertiary/aromatic N) is 3. The van der Waals surface area contributed by atoms with E-state index in [1.54, 1.807) is 6.20 Å². The molecule has 3 heterocycles.